The smallest absolute Gasteiger partial charge is 0.351 e. The van der Waals surface area contributed by atoms with E-state index in [0.29, 0.717) is 5.56 Å². The fourth-order valence-corrected chi connectivity index (χ4v) is 6.58. The van der Waals surface area contributed by atoms with Crippen molar-refractivity contribution < 1.29 is 38.9 Å². The van der Waals surface area contributed by atoms with E-state index in [4.69, 9.17) is 9.47 Å². The summed E-state index contributed by atoms with van der Waals surface area (Å²) in [7, 11) is 0. The molecule has 1 fully saturated rings. The molecule has 50 heavy (non-hydrogen) atoms. The first-order chi connectivity index (χ1) is 24.1. The van der Waals surface area contributed by atoms with Gasteiger partial charge in [-0.25, -0.2) is 9.59 Å². The van der Waals surface area contributed by atoms with Crippen molar-refractivity contribution in [2.45, 2.75) is 30.6 Å². The van der Waals surface area contributed by atoms with Crippen molar-refractivity contribution in [2.75, 3.05) is 11.9 Å². The Hall–Kier alpha value is -6.40. The van der Waals surface area contributed by atoms with Crippen LogP contribution in [0.4, 0.5) is 5.82 Å². The summed E-state index contributed by atoms with van der Waals surface area (Å²) in [6.07, 6.45) is -1.14. The second-order valence-electron chi connectivity index (χ2n) is 11.8. The molecule has 1 N–H and O–H groups in total. The zero-order chi connectivity index (χ0) is 35.4. The molecule has 5 aromatic rings. The van der Waals surface area contributed by atoms with E-state index in [1.54, 1.807) is 79.7 Å². The van der Waals surface area contributed by atoms with Crippen molar-refractivity contribution in [3.8, 4) is 0 Å². The lowest BCUT2D eigenvalue weighted by Gasteiger charge is -2.39. The number of ether oxygens (including phenoxy) is 2. The molecular weight excluding hydrogens is 642 g/mol. The van der Waals surface area contributed by atoms with Gasteiger partial charge in [0.2, 0.25) is 0 Å². The van der Waals surface area contributed by atoms with Gasteiger partial charge in [0.1, 0.15) is 24.8 Å². The second-order valence-corrected chi connectivity index (χ2v) is 11.8. The lowest BCUT2D eigenvalue weighted by atomic mass is 9.65. The Kier molecular flexibility index (Phi) is 9.37. The Morgan fingerprint density at radius 1 is 0.800 bits per heavy atom. The van der Waals surface area contributed by atoms with E-state index in [0.717, 1.165) is 4.57 Å². The standard InChI is InChI=1S/C38H31N3O9/c1-38(28-19-11-10-18-27(28)34(45)46)31(25-16-8-9-17-26(25)33(43)44)29(22-49-35(47)24-14-6-3-7-15-24)50-36(38)41-21-20-30(40-37(41)48)39-32(42)23-12-4-2-5-13-23/h2-21,29,31,36H,22H2,1H3,(H,43,44)(H,45,46)(H,39,40,42,48)/p-2/t29-,31-,36+,38-/m0/s1. The first-order valence-corrected chi connectivity index (χ1v) is 15.5. The summed E-state index contributed by atoms with van der Waals surface area (Å²) < 4.78 is 13.4. The molecule has 0 bridgehead atoms. The van der Waals surface area contributed by atoms with Gasteiger partial charge >= 0.3 is 11.7 Å². The van der Waals surface area contributed by atoms with Crippen LogP contribution >= 0.6 is 0 Å². The minimum absolute atomic E-state index is 0.0536. The van der Waals surface area contributed by atoms with Gasteiger partial charge in [-0.15, -0.1) is 0 Å². The second kappa shape index (κ2) is 14.0. The van der Waals surface area contributed by atoms with Crippen LogP contribution < -0.4 is 21.2 Å². The third kappa shape index (κ3) is 6.39. The number of nitrogens with zero attached hydrogens (tertiary/aromatic N) is 2. The molecule has 2 heterocycles. The van der Waals surface area contributed by atoms with Gasteiger partial charge < -0.3 is 34.6 Å². The molecule has 1 saturated heterocycles. The number of aromatic carboxylic acids is 2. The summed E-state index contributed by atoms with van der Waals surface area (Å²) in [5.41, 5.74) is -1.90. The van der Waals surface area contributed by atoms with E-state index < -0.39 is 59.8 Å². The zero-order valence-electron chi connectivity index (χ0n) is 26.6. The summed E-state index contributed by atoms with van der Waals surface area (Å²) >= 11 is 0. The highest BCUT2D eigenvalue weighted by atomic mass is 16.6. The number of carbonyl (C=O) groups excluding carboxylic acids is 4. The van der Waals surface area contributed by atoms with E-state index in [1.165, 1.54) is 48.7 Å². The van der Waals surface area contributed by atoms with Crippen molar-refractivity contribution >= 4 is 29.6 Å². The molecule has 0 spiro atoms. The van der Waals surface area contributed by atoms with Gasteiger partial charge in [-0.1, -0.05) is 91.9 Å². The number of hydrogen-bond donors (Lipinski definition) is 1. The number of esters is 1. The molecule has 0 saturated carbocycles. The fraction of sp³-hybridized carbons (Fsp3) is 0.158. The molecule has 0 unspecified atom stereocenters. The third-order valence-electron chi connectivity index (χ3n) is 8.83. The van der Waals surface area contributed by atoms with Gasteiger partial charge in [-0.2, -0.15) is 4.98 Å². The molecule has 0 radical (unpaired) electrons. The van der Waals surface area contributed by atoms with Crippen LogP contribution in [0, 0.1) is 0 Å². The molecule has 252 valence electrons. The third-order valence-corrected chi connectivity index (χ3v) is 8.83. The summed E-state index contributed by atoms with van der Waals surface area (Å²) in [6, 6.07) is 29.8. The number of carbonyl (C=O) groups is 4. The fourth-order valence-electron chi connectivity index (χ4n) is 6.58. The lowest BCUT2D eigenvalue weighted by molar-refractivity contribution is -0.256. The molecule has 1 aliphatic heterocycles. The van der Waals surface area contributed by atoms with E-state index in [1.807, 2.05) is 0 Å². The highest BCUT2D eigenvalue weighted by molar-refractivity contribution is 6.03. The topological polar surface area (TPSA) is 180 Å². The number of rotatable bonds is 10. The Labute approximate surface area is 285 Å². The average molecular weight is 672 g/mol. The lowest BCUT2D eigenvalue weighted by Crippen LogP contribution is -2.42. The molecule has 0 aliphatic carbocycles. The first-order valence-electron chi connectivity index (χ1n) is 15.5. The van der Waals surface area contributed by atoms with Crippen LogP contribution in [-0.4, -0.2) is 46.1 Å². The van der Waals surface area contributed by atoms with Crippen LogP contribution in [0.3, 0.4) is 0 Å². The van der Waals surface area contributed by atoms with E-state index in [-0.39, 0.29) is 33.6 Å². The predicted octanol–water partition coefficient (Wildman–Crippen LogP) is 2.72. The minimum atomic E-state index is -1.55. The van der Waals surface area contributed by atoms with Crippen LogP contribution in [0.15, 0.2) is 126 Å². The molecule has 12 nitrogen and oxygen atoms in total. The summed E-state index contributed by atoms with van der Waals surface area (Å²) in [4.78, 5) is 68.6. The summed E-state index contributed by atoms with van der Waals surface area (Å²) in [5, 5.41) is 27.6. The van der Waals surface area contributed by atoms with Gasteiger partial charge in [0, 0.05) is 34.2 Å². The molecule has 6 rings (SSSR count). The number of benzene rings is 4. The van der Waals surface area contributed by atoms with Crippen molar-refractivity contribution in [1.82, 2.24) is 9.55 Å². The van der Waals surface area contributed by atoms with Gasteiger partial charge in [-0.05, 0) is 41.5 Å². The first kappa shape index (κ1) is 33.5. The van der Waals surface area contributed by atoms with E-state index >= 15 is 0 Å². The van der Waals surface area contributed by atoms with Crippen molar-refractivity contribution in [3.05, 3.63) is 165 Å². The zero-order valence-corrected chi connectivity index (χ0v) is 26.6. The van der Waals surface area contributed by atoms with Crippen molar-refractivity contribution in [2.24, 2.45) is 0 Å². The molecule has 4 aromatic carbocycles. The van der Waals surface area contributed by atoms with Crippen LogP contribution in [0.5, 0.6) is 0 Å². The summed E-state index contributed by atoms with van der Waals surface area (Å²) in [5.74, 6) is -5.30. The number of carboxylic acids is 2. The largest absolute Gasteiger partial charge is 0.545 e. The molecule has 12 heteroatoms. The normalized spacial score (nSPS) is 19.7. The van der Waals surface area contributed by atoms with Crippen LogP contribution in [0.25, 0.3) is 0 Å². The number of anilines is 1. The number of aromatic nitrogens is 2. The van der Waals surface area contributed by atoms with Gasteiger partial charge in [0.05, 0.1) is 17.5 Å². The van der Waals surface area contributed by atoms with Gasteiger partial charge in [0.15, 0.2) is 0 Å². The van der Waals surface area contributed by atoms with Gasteiger partial charge in [0.25, 0.3) is 5.91 Å². The number of carboxylic acid groups (broad SMARTS) is 2. The monoisotopic (exact) mass is 671 g/mol. The molecule has 1 amide bonds. The Morgan fingerprint density at radius 2 is 1.38 bits per heavy atom. The van der Waals surface area contributed by atoms with Crippen LogP contribution in [0.2, 0.25) is 0 Å². The highest BCUT2D eigenvalue weighted by Gasteiger charge is 2.57. The van der Waals surface area contributed by atoms with Crippen LogP contribution in [-0.2, 0) is 14.9 Å². The molecule has 1 aliphatic rings. The average Bonchev–Trinajstić information content (AvgIpc) is 3.43. The van der Waals surface area contributed by atoms with Crippen LogP contribution in [0.1, 0.15) is 71.6 Å². The van der Waals surface area contributed by atoms with Crippen molar-refractivity contribution in [3.63, 3.8) is 0 Å². The Bertz CT molecular complexity index is 2130. The molecule has 1 aromatic heterocycles. The summed E-state index contributed by atoms with van der Waals surface area (Å²) in [6.45, 7) is 1.22. The maximum Gasteiger partial charge on any atom is 0.351 e. The predicted molar refractivity (Wildman–Crippen MR) is 175 cm³/mol. The van der Waals surface area contributed by atoms with E-state index in [2.05, 4.69) is 10.3 Å². The minimum Gasteiger partial charge on any atom is -0.545 e. The SMILES string of the molecule is C[C@]1(c2ccccc2C(=O)[O-])[C@@H](c2ccccc2C(=O)[O-])[C@H](COC(=O)c2ccccc2)O[C@H]1n1ccc(NC(=O)c2ccccc2)nc1=O. The maximum absolute atomic E-state index is 13.8. The van der Waals surface area contributed by atoms with E-state index in [9.17, 15) is 34.2 Å². The van der Waals surface area contributed by atoms with Gasteiger partial charge in [-0.3, -0.25) is 9.36 Å². The highest BCUT2D eigenvalue weighted by Crippen LogP contribution is 2.56. The number of nitrogens with one attached hydrogen (secondary N) is 1. The van der Waals surface area contributed by atoms with Crippen molar-refractivity contribution in [1.29, 1.82) is 0 Å². The molecular formula is C38H29N3O9-2. The number of amides is 1. The Morgan fingerprint density at radius 3 is 2.02 bits per heavy atom. The maximum atomic E-state index is 13.8. The number of hydrogen-bond acceptors (Lipinski definition) is 10. The quantitative estimate of drug-likeness (QED) is 0.217. The Balaban J connectivity index is 1.49. The molecule has 4 atom stereocenters.